The number of non-ortho nitro benzene ring substituents is 1. The topological polar surface area (TPSA) is 98.0 Å². The molecule has 0 aliphatic heterocycles. The van der Waals surface area contributed by atoms with E-state index in [-0.39, 0.29) is 11.6 Å². The summed E-state index contributed by atoms with van der Waals surface area (Å²) < 4.78 is 0. The molecule has 1 aromatic carbocycles. The Kier molecular flexibility index (Phi) is 3.94. The van der Waals surface area contributed by atoms with Gasteiger partial charge in [0.05, 0.1) is 4.92 Å². The Morgan fingerprint density at radius 1 is 1.37 bits per heavy atom. The zero-order valence-electron chi connectivity index (χ0n) is 9.52. The second kappa shape index (κ2) is 5.83. The Bertz CT molecular complexity index is 607. The molecule has 8 heteroatoms. The summed E-state index contributed by atoms with van der Waals surface area (Å²) in [6.45, 7) is 0. The average molecular weight is 276 g/mol. The van der Waals surface area contributed by atoms with Crippen LogP contribution in [0.2, 0.25) is 0 Å². The molecule has 0 saturated heterocycles. The van der Waals surface area contributed by atoms with Crippen LogP contribution < -0.4 is 5.32 Å². The molecule has 0 aliphatic carbocycles. The van der Waals surface area contributed by atoms with E-state index in [4.69, 9.17) is 0 Å². The standard InChI is InChI=1S/C11H8N4O3S/c16-10(13-11-14-12-7-19-11)6-3-8-1-4-9(5-2-8)15(17)18/h1-7H,(H,13,14,16)/b6-3+. The number of carbonyl (C=O) groups excluding carboxylic acids is 1. The van der Waals surface area contributed by atoms with Crippen molar-refractivity contribution in [2.45, 2.75) is 0 Å². The van der Waals surface area contributed by atoms with Crippen LogP contribution in [-0.4, -0.2) is 21.0 Å². The summed E-state index contributed by atoms with van der Waals surface area (Å²) in [4.78, 5) is 21.5. The van der Waals surface area contributed by atoms with E-state index >= 15 is 0 Å². The molecule has 1 aromatic heterocycles. The van der Waals surface area contributed by atoms with Crippen molar-refractivity contribution in [2.24, 2.45) is 0 Å². The smallest absolute Gasteiger partial charge is 0.269 e. The number of nitrogens with zero attached hydrogens (tertiary/aromatic N) is 3. The Balaban J connectivity index is 1.98. The van der Waals surface area contributed by atoms with Crippen molar-refractivity contribution < 1.29 is 9.72 Å². The number of nitro groups is 1. The van der Waals surface area contributed by atoms with Crippen LogP contribution in [0, 0.1) is 10.1 Å². The highest BCUT2D eigenvalue weighted by Gasteiger charge is 2.03. The van der Waals surface area contributed by atoms with E-state index in [0.717, 1.165) is 0 Å². The molecular weight excluding hydrogens is 268 g/mol. The number of carbonyl (C=O) groups is 1. The highest BCUT2D eigenvalue weighted by Crippen LogP contribution is 2.13. The second-order valence-corrected chi connectivity index (χ2v) is 4.25. The molecule has 19 heavy (non-hydrogen) atoms. The van der Waals surface area contributed by atoms with Crippen LogP contribution in [0.15, 0.2) is 35.9 Å². The number of anilines is 1. The monoisotopic (exact) mass is 276 g/mol. The second-order valence-electron chi connectivity index (χ2n) is 3.42. The average Bonchev–Trinajstić information content (AvgIpc) is 2.89. The van der Waals surface area contributed by atoms with E-state index in [1.165, 1.54) is 35.1 Å². The number of nitro benzene ring substituents is 1. The van der Waals surface area contributed by atoms with Crippen molar-refractivity contribution in [2.75, 3.05) is 5.32 Å². The number of aromatic nitrogens is 2. The lowest BCUT2D eigenvalue weighted by Crippen LogP contribution is -2.07. The van der Waals surface area contributed by atoms with Gasteiger partial charge in [-0.05, 0) is 23.8 Å². The third-order valence-corrected chi connectivity index (χ3v) is 2.73. The Labute approximate surface area is 111 Å². The summed E-state index contributed by atoms with van der Waals surface area (Å²) >= 11 is 1.22. The van der Waals surface area contributed by atoms with Gasteiger partial charge in [0.15, 0.2) is 0 Å². The fourth-order valence-corrected chi connectivity index (χ4v) is 1.70. The van der Waals surface area contributed by atoms with Gasteiger partial charge in [-0.15, -0.1) is 10.2 Å². The van der Waals surface area contributed by atoms with E-state index in [1.807, 2.05) is 0 Å². The number of amides is 1. The molecule has 1 amide bonds. The molecule has 0 spiro atoms. The van der Waals surface area contributed by atoms with Crippen LogP contribution in [0.1, 0.15) is 5.56 Å². The molecule has 2 rings (SSSR count). The Morgan fingerprint density at radius 3 is 2.68 bits per heavy atom. The summed E-state index contributed by atoms with van der Waals surface area (Å²) in [5.74, 6) is -0.338. The first-order chi connectivity index (χ1) is 9.15. The first-order valence-corrected chi connectivity index (χ1v) is 6.03. The SMILES string of the molecule is O=C(/C=C/c1ccc([N+](=O)[O-])cc1)Nc1nncs1. The van der Waals surface area contributed by atoms with Crippen LogP contribution in [0.3, 0.4) is 0 Å². The van der Waals surface area contributed by atoms with E-state index in [0.29, 0.717) is 10.7 Å². The highest BCUT2D eigenvalue weighted by molar-refractivity contribution is 7.13. The molecule has 1 N–H and O–H groups in total. The fraction of sp³-hybridized carbons (Fsp3) is 0. The van der Waals surface area contributed by atoms with E-state index in [2.05, 4.69) is 15.5 Å². The maximum Gasteiger partial charge on any atom is 0.269 e. The zero-order chi connectivity index (χ0) is 13.7. The summed E-state index contributed by atoms with van der Waals surface area (Å²) in [7, 11) is 0. The van der Waals surface area contributed by atoms with Crippen LogP contribution in [0.25, 0.3) is 6.08 Å². The summed E-state index contributed by atoms with van der Waals surface area (Å²) in [5, 5.41) is 20.7. The minimum Gasteiger partial charge on any atom is -0.297 e. The molecule has 2 aromatic rings. The van der Waals surface area contributed by atoms with Crippen molar-refractivity contribution in [3.8, 4) is 0 Å². The van der Waals surface area contributed by atoms with Gasteiger partial charge >= 0.3 is 0 Å². The maximum absolute atomic E-state index is 11.5. The summed E-state index contributed by atoms with van der Waals surface area (Å²) in [6, 6.07) is 5.88. The van der Waals surface area contributed by atoms with Gasteiger partial charge in [0, 0.05) is 18.2 Å². The van der Waals surface area contributed by atoms with E-state index in [9.17, 15) is 14.9 Å². The minimum atomic E-state index is -0.477. The van der Waals surface area contributed by atoms with Crippen molar-refractivity contribution in [1.82, 2.24) is 10.2 Å². The Morgan fingerprint density at radius 2 is 2.11 bits per heavy atom. The molecule has 0 aliphatic rings. The lowest BCUT2D eigenvalue weighted by molar-refractivity contribution is -0.384. The first kappa shape index (κ1) is 12.8. The van der Waals surface area contributed by atoms with Gasteiger partial charge in [0.2, 0.25) is 11.0 Å². The fourth-order valence-electron chi connectivity index (χ4n) is 1.25. The van der Waals surface area contributed by atoms with Crippen molar-refractivity contribution in [3.63, 3.8) is 0 Å². The number of benzene rings is 1. The van der Waals surface area contributed by atoms with Crippen LogP contribution >= 0.6 is 11.3 Å². The van der Waals surface area contributed by atoms with Crippen LogP contribution in [0.4, 0.5) is 10.8 Å². The van der Waals surface area contributed by atoms with Crippen molar-refractivity contribution in [1.29, 1.82) is 0 Å². The lowest BCUT2D eigenvalue weighted by atomic mass is 10.2. The number of hydrogen-bond donors (Lipinski definition) is 1. The zero-order valence-corrected chi connectivity index (χ0v) is 10.3. The third kappa shape index (κ3) is 3.68. The largest absolute Gasteiger partial charge is 0.297 e. The van der Waals surface area contributed by atoms with E-state index in [1.54, 1.807) is 18.2 Å². The van der Waals surface area contributed by atoms with Crippen molar-refractivity contribution >= 4 is 34.1 Å². The molecule has 0 saturated carbocycles. The highest BCUT2D eigenvalue weighted by atomic mass is 32.1. The molecule has 0 atom stereocenters. The predicted octanol–water partition coefficient (Wildman–Crippen LogP) is 2.10. The predicted molar refractivity (Wildman–Crippen MR) is 70.7 cm³/mol. The van der Waals surface area contributed by atoms with Crippen LogP contribution in [0.5, 0.6) is 0 Å². The van der Waals surface area contributed by atoms with Gasteiger partial charge in [0.25, 0.3) is 5.69 Å². The molecule has 7 nitrogen and oxygen atoms in total. The van der Waals surface area contributed by atoms with Gasteiger partial charge in [-0.25, -0.2) is 0 Å². The molecular formula is C11H8N4O3S. The molecule has 0 fully saturated rings. The normalized spacial score (nSPS) is 10.5. The van der Waals surface area contributed by atoms with Gasteiger partial charge in [-0.1, -0.05) is 11.3 Å². The summed E-state index contributed by atoms with van der Waals surface area (Å²) in [5.41, 5.74) is 2.21. The Hall–Kier alpha value is -2.61. The number of hydrogen-bond acceptors (Lipinski definition) is 6. The number of nitrogens with one attached hydrogen (secondary N) is 1. The van der Waals surface area contributed by atoms with Gasteiger partial charge in [-0.3, -0.25) is 20.2 Å². The van der Waals surface area contributed by atoms with E-state index < -0.39 is 4.92 Å². The van der Waals surface area contributed by atoms with Gasteiger partial charge in [0.1, 0.15) is 5.51 Å². The molecule has 0 radical (unpaired) electrons. The maximum atomic E-state index is 11.5. The molecule has 0 unspecified atom stereocenters. The van der Waals surface area contributed by atoms with Crippen LogP contribution in [-0.2, 0) is 4.79 Å². The minimum absolute atomic E-state index is 0.00969. The molecule has 96 valence electrons. The van der Waals surface area contributed by atoms with Gasteiger partial charge in [-0.2, -0.15) is 0 Å². The lowest BCUT2D eigenvalue weighted by Gasteiger charge is -1.95. The molecule has 1 heterocycles. The first-order valence-electron chi connectivity index (χ1n) is 5.15. The quantitative estimate of drug-likeness (QED) is 0.524. The summed E-state index contributed by atoms with van der Waals surface area (Å²) in [6.07, 6.45) is 2.88. The molecule has 0 bridgehead atoms. The number of rotatable bonds is 4. The van der Waals surface area contributed by atoms with Gasteiger partial charge < -0.3 is 0 Å². The van der Waals surface area contributed by atoms with Crippen molar-refractivity contribution in [3.05, 3.63) is 51.5 Å². The third-order valence-electron chi connectivity index (χ3n) is 2.12.